The number of anilines is 1. The number of carbonyl (C=O) groups excluding carboxylic acids is 2. The van der Waals surface area contributed by atoms with E-state index >= 15 is 0 Å². The summed E-state index contributed by atoms with van der Waals surface area (Å²) < 4.78 is 10.5. The number of carbonyl (C=O) groups is 2. The van der Waals surface area contributed by atoms with Crippen LogP contribution in [0, 0.1) is 6.92 Å². The Morgan fingerprint density at radius 2 is 1.72 bits per heavy atom. The third-order valence-corrected chi connectivity index (χ3v) is 4.03. The Morgan fingerprint density at radius 1 is 1.08 bits per heavy atom. The van der Waals surface area contributed by atoms with E-state index in [1.165, 1.54) is 6.92 Å². The van der Waals surface area contributed by atoms with Crippen molar-refractivity contribution < 1.29 is 19.1 Å². The second kappa shape index (κ2) is 8.55. The number of benzene rings is 2. The fourth-order valence-corrected chi connectivity index (χ4v) is 2.66. The number of nitrogens with one attached hydrogen (secondary N) is 1. The maximum atomic E-state index is 12.5. The molecule has 25 heavy (non-hydrogen) atoms. The van der Waals surface area contributed by atoms with Gasteiger partial charge in [0.1, 0.15) is 0 Å². The number of hydrogen-bond donors (Lipinski definition) is 1. The molecule has 0 aliphatic rings. The first-order valence-electron chi connectivity index (χ1n) is 8.02. The first-order chi connectivity index (χ1) is 12.0. The van der Waals surface area contributed by atoms with Crippen molar-refractivity contribution in [2.24, 2.45) is 0 Å². The molecule has 0 spiro atoms. The molecular weight excluding hydrogens is 318 g/mol. The monoisotopic (exact) mass is 341 g/mol. The Balaban J connectivity index is 2.39. The van der Waals surface area contributed by atoms with Gasteiger partial charge in [0, 0.05) is 37.5 Å². The van der Waals surface area contributed by atoms with Gasteiger partial charge in [0.15, 0.2) is 12.1 Å². The predicted molar refractivity (Wildman–Crippen MR) is 97.1 cm³/mol. The van der Waals surface area contributed by atoms with Crippen molar-refractivity contribution in [2.75, 3.05) is 19.5 Å². The zero-order valence-electron chi connectivity index (χ0n) is 15.0. The highest BCUT2D eigenvalue weighted by Crippen LogP contribution is 2.25. The summed E-state index contributed by atoms with van der Waals surface area (Å²) in [5.74, 6) is -0.277. The molecule has 2 aromatic rings. The predicted octanol–water partition coefficient (Wildman–Crippen LogP) is 3.61. The number of methoxy groups -OCH3 is 2. The van der Waals surface area contributed by atoms with Crippen molar-refractivity contribution >= 4 is 17.4 Å². The van der Waals surface area contributed by atoms with E-state index in [1.807, 2.05) is 19.1 Å². The topological polar surface area (TPSA) is 64.6 Å². The molecular formula is C20H23NO4. The molecule has 0 saturated heterocycles. The number of aryl methyl sites for hydroxylation is 1. The molecule has 5 heteroatoms. The number of ketones is 1. The van der Waals surface area contributed by atoms with Gasteiger partial charge in [0.05, 0.1) is 0 Å². The lowest BCUT2D eigenvalue weighted by molar-refractivity contribution is -0.100. The Labute approximate surface area is 148 Å². The number of hydrogen-bond acceptors (Lipinski definition) is 4. The third-order valence-electron chi connectivity index (χ3n) is 4.03. The van der Waals surface area contributed by atoms with Crippen molar-refractivity contribution in [3.63, 3.8) is 0 Å². The van der Waals surface area contributed by atoms with Crippen LogP contribution < -0.4 is 5.32 Å². The van der Waals surface area contributed by atoms with Crippen LogP contribution in [0.2, 0.25) is 0 Å². The van der Waals surface area contributed by atoms with Crippen LogP contribution in [-0.4, -0.2) is 32.2 Å². The first kappa shape index (κ1) is 18.8. The van der Waals surface area contributed by atoms with Crippen molar-refractivity contribution in [1.29, 1.82) is 0 Å². The molecule has 0 aromatic heterocycles. The zero-order valence-corrected chi connectivity index (χ0v) is 15.0. The van der Waals surface area contributed by atoms with Gasteiger partial charge in [-0.2, -0.15) is 0 Å². The summed E-state index contributed by atoms with van der Waals surface area (Å²) in [6.45, 7) is 3.38. The van der Waals surface area contributed by atoms with Crippen molar-refractivity contribution in [3.8, 4) is 0 Å². The smallest absolute Gasteiger partial charge is 0.255 e. The van der Waals surface area contributed by atoms with Gasteiger partial charge in [-0.25, -0.2) is 0 Å². The third kappa shape index (κ3) is 4.75. The van der Waals surface area contributed by atoms with Gasteiger partial charge in [-0.1, -0.05) is 24.3 Å². The van der Waals surface area contributed by atoms with E-state index in [2.05, 4.69) is 5.32 Å². The van der Waals surface area contributed by atoms with Crippen LogP contribution in [0.4, 0.5) is 5.69 Å². The molecule has 0 bridgehead atoms. The first-order valence-corrected chi connectivity index (χ1v) is 8.02. The highest BCUT2D eigenvalue weighted by molar-refractivity contribution is 6.05. The van der Waals surface area contributed by atoms with E-state index in [9.17, 15) is 9.59 Å². The minimum Gasteiger partial charge on any atom is -0.356 e. The molecule has 0 unspecified atom stereocenters. The molecule has 1 N–H and O–H groups in total. The van der Waals surface area contributed by atoms with Gasteiger partial charge >= 0.3 is 0 Å². The average molecular weight is 341 g/mol. The number of rotatable bonds is 7. The summed E-state index contributed by atoms with van der Waals surface area (Å²) in [6.07, 6.45) is 0.0196. The normalized spacial score (nSPS) is 10.8. The average Bonchev–Trinajstić information content (AvgIpc) is 2.61. The fraction of sp³-hybridized carbons (Fsp3) is 0.300. The molecule has 2 aromatic carbocycles. The largest absolute Gasteiger partial charge is 0.356 e. The Bertz CT molecular complexity index is 752. The number of amides is 1. The zero-order chi connectivity index (χ0) is 18.4. The molecule has 1 amide bonds. The summed E-state index contributed by atoms with van der Waals surface area (Å²) in [6, 6.07) is 12.5. The highest BCUT2D eigenvalue weighted by Gasteiger charge is 2.17. The minimum absolute atomic E-state index is 0.0470. The van der Waals surface area contributed by atoms with Crippen molar-refractivity contribution in [1.82, 2.24) is 0 Å². The van der Waals surface area contributed by atoms with E-state index in [-0.39, 0.29) is 11.7 Å². The van der Waals surface area contributed by atoms with E-state index in [1.54, 1.807) is 44.6 Å². The Kier molecular flexibility index (Phi) is 6.44. The summed E-state index contributed by atoms with van der Waals surface area (Å²) in [5, 5.41) is 2.90. The molecule has 0 atom stereocenters. The SMILES string of the molecule is COC(Cc1cc(C)c(C(C)=O)cc1NC(=O)c1ccccc1)OC. The van der Waals surface area contributed by atoms with Crippen LogP contribution in [0.5, 0.6) is 0 Å². The van der Waals surface area contributed by atoms with E-state index in [4.69, 9.17) is 9.47 Å². The van der Waals surface area contributed by atoms with E-state index < -0.39 is 6.29 Å². The molecule has 0 aliphatic heterocycles. The number of ether oxygens (including phenoxy) is 2. The van der Waals surface area contributed by atoms with Gasteiger partial charge in [0.25, 0.3) is 5.91 Å². The standard InChI is InChI=1S/C20H23NO4/c1-13-10-16(11-19(24-3)25-4)18(12-17(13)14(2)22)21-20(23)15-8-6-5-7-9-15/h5-10,12,19H,11H2,1-4H3,(H,21,23). The fourth-order valence-electron chi connectivity index (χ4n) is 2.66. The quantitative estimate of drug-likeness (QED) is 0.617. The summed E-state index contributed by atoms with van der Waals surface area (Å²) in [7, 11) is 3.13. The van der Waals surface area contributed by atoms with Crippen molar-refractivity contribution in [2.45, 2.75) is 26.6 Å². The maximum Gasteiger partial charge on any atom is 0.255 e. The second-order valence-corrected chi connectivity index (χ2v) is 5.81. The van der Waals surface area contributed by atoms with Gasteiger partial charge in [-0.3, -0.25) is 9.59 Å². The Hall–Kier alpha value is -2.50. The van der Waals surface area contributed by atoms with Gasteiger partial charge in [-0.15, -0.1) is 0 Å². The van der Waals surface area contributed by atoms with Gasteiger partial charge < -0.3 is 14.8 Å². The minimum atomic E-state index is -0.435. The molecule has 5 nitrogen and oxygen atoms in total. The van der Waals surface area contributed by atoms with E-state index in [0.29, 0.717) is 23.2 Å². The lowest BCUT2D eigenvalue weighted by Gasteiger charge is -2.18. The molecule has 0 saturated carbocycles. The summed E-state index contributed by atoms with van der Waals surface area (Å²) in [4.78, 5) is 24.4. The van der Waals surface area contributed by atoms with Crippen LogP contribution >= 0.6 is 0 Å². The summed E-state index contributed by atoms with van der Waals surface area (Å²) in [5.41, 5.74) is 3.42. The maximum absolute atomic E-state index is 12.5. The van der Waals surface area contributed by atoms with Crippen LogP contribution in [0.1, 0.15) is 38.8 Å². The van der Waals surface area contributed by atoms with Gasteiger partial charge in [-0.05, 0) is 43.2 Å². The van der Waals surface area contributed by atoms with Crippen LogP contribution in [0.15, 0.2) is 42.5 Å². The molecule has 0 heterocycles. The molecule has 0 radical (unpaired) electrons. The van der Waals surface area contributed by atoms with Crippen molar-refractivity contribution in [3.05, 3.63) is 64.7 Å². The van der Waals surface area contributed by atoms with Crippen LogP contribution in [0.3, 0.4) is 0 Å². The lowest BCUT2D eigenvalue weighted by Crippen LogP contribution is -2.19. The molecule has 0 fully saturated rings. The van der Waals surface area contributed by atoms with Crippen LogP contribution in [0.25, 0.3) is 0 Å². The number of Topliss-reactive ketones (excluding diaryl/α,β-unsaturated/α-hetero) is 1. The Morgan fingerprint density at radius 3 is 2.28 bits per heavy atom. The highest BCUT2D eigenvalue weighted by atomic mass is 16.7. The summed E-state index contributed by atoms with van der Waals surface area (Å²) >= 11 is 0. The molecule has 132 valence electrons. The van der Waals surface area contributed by atoms with Crippen LogP contribution in [-0.2, 0) is 15.9 Å². The molecule has 2 rings (SSSR count). The second-order valence-electron chi connectivity index (χ2n) is 5.81. The lowest BCUT2D eigenvalue weighted by atomic mass is 9.98. The van der Waals surface area contributed by atoms with Gasteiger partial charge in [0.2, 0.25) is 0 Å². The van der Waals surface area contributed by atoms with E-state index in [0.717, 1.165) is 11.1 Å². The molecule has 0 aliphatic carbocycles.